The van der Waals surface area contributed by atoms with Crippen LogP contribution in [0, 0.1) is 6.92 Å². The van der Waals surface area contributed by atoms with Crippen LogP contribution in [0.15, 0.2) is 44.6 Å². The summed E-state index contributed by atoms with van der Waals surface area (Å²) in [6.07, 6.45) is 4.51. The van der Waals surface area contributed by atoms with Crippen molar-refractivity contribution in [2.45, 2.75) is 6.92 Å². The highest BCUT2D eigenvalue weighted by Gasteiger charge is 2.04. The van der Waals surface area contributed by atoms with Crippen molar-refractivity contribution in [3.63, 3.8) is 0 Å². The maximum Gasteiger partial charge on any atom is 0.272 e. The van der Waals surface area contributed by atoms with Gasteiger partial charge in [0, 0.05) is 16.9 Å². The average Bonchev–Trinajstić information content (AvgIpc) is 2.75. The number of furan rings is 1. The van der Waals surface area contributed by atoms with Crippen LogP contribution in [0.1, 0.15) is 21.9 Å². The van der Waals surface area contributed by atoms with Crippen molar-refractivity contribution in [1.29, 1.82) is 0 Å². The SMILES string of the molecule is Cc1ccc(C=NNC(=O)c2cncc(Br)c2)o1. The second kappa shape index (κ2) is 5.59. The smallest absolute Gasteiger partial charge is 0.272 e. The highest BCUT2D eigenvalue weighted by molar-refractivity contribution is 9.10. The Hall–Kier alpha value is -1.95. The van der Waals surface area contributed by atoms with Crippen LogP contribution in [0.25, 0.3) is 0 Å². The first-order valence-electron chi connectivity index (χ1n) is 5.15. The number of carbonyl (C=O) groups excluding carboxylic acids is 1. The molecule has 0 saturated heterocycles. The first-order valence-corrected chi connectivity index (χ1v) is 5.95. The summed E-state index contributed by atoms with van der Waals surface area (Å²) < 4.78 is 6.01. The number of hydrogen-bond donors (Lipinski definition) is 1. The molecule has 0 aliphatic heterocycles. The van der Waals surface area contributed by atoms with Crippen molar-refractivity contribution in [2.75, 3.05) is 0 Å². The van der Waals surface area contributed by atoms with Crippen LogP contribution in [0.2, 0.25) is 0 Å². The van der Waals surface area contributed by atoms with Gasteiger partial charge in [0.05, 0.1) is 11.8 Å². The molecular weight excluding hydrogens is 298 g/mol. The highest BCUT2D eigenvalue weighted by Crippen LogP contribution is 2.09. The molecule has 92 valence electrons. The maximum absolute atomic E-state index is 11.7. The van der Waals surface area contributed by atoms with E-state index in [0.717, 1.165) is 10.2 Å². The number of halogens is 1. The van der Waals surface area contributed by atoms with Crippen molar-refractivity contribution in [3.05, 3.63) is 52.1 Å². The number of aromatic nitrogens is 1. The van der Waals surface area contributed by atoms with Gasteiger partial charge in [0.1, 0.15) is 11.5 Å². The van der Waals surface area contributed by atoms with E-state index in [-0.39, 0.29) is 5.91 Å². The van der Waals surface area contributed by atoms with E-state index < -0.39 is 0 Å². The van der Waals surface area contributed by atoms with Gasteiger partial charge in [-0.15, -0.1) is 0 Å². The molecule has 0 unspecified atom stereocenters. The molecule has 1 amide bonds. The molecule has 2 heterocycles. The summed E-state index contributed by atoms with van der Waals surface area (Å²) in [5.74, 6) is 1.04. The normalized spacial score (nSPS) is 10.8. The molecule has 0 aliphatic carbocycles. The van der Waals surface area contributed by atoms with Crippen molar-refractivity contribution in [2.24, 2.45) is 5.10 Å². The average molecular weight is 308 g/mol. The van der Waals surface area contributed by atoms with Crippen LogP contribution >= 0.6 is 15.9 Å². The standard InChI is InChI=1S/C12H10BrN3O2/c1-8-2-3-11(18-8)7-15-16-12(17)9-4-10(13)6-14-5-9/h2-7H,1H3,(H,16,17). The zero-order chi connectivity index (χ0) is 13.0. The van der Waals surface area contributed by atoms with Crippen LogP contribution in [-0.4, -0.2) is 17.1 Å². The molecule has 2 rings (SSSR count). The summed E-state index contributed by atoms with van der Waals surface area (Å²) in [5, 5.41) is 3.80. The molecule has 0 spiro atoms. The number of hydrazone groups is 1. The first-order chi connectivity index (χ1) is 8.65. The summed E-state index contributed by atoms with van der Waals surface area (Å²) in [5.41, 5.74) is 2.82. The monoisotopic (exact) mass is 307 g/mol. The van der Waals surface area contributed by atoms with E-state index in [4.69, 9.17) is 4.42 Å². The molecule has 0 aromatic carbocycles. The zero-order valence-corrected chi connectivity index (χ0v) is 11.1. The van der Waals surface area contributed by atoms with Crippen molar-refractivity contribution in [3.8, 4) is 0 Å². The lowest BCUT2D eigenvalue weighted by atomic mass is 10.3. The number of nitrogens with zero attached hydrogens (tertiary/aromatic N) is 2. The third-order valence-corrected chi connectivity index (χ3v) is 2.52. The van der Waals surface area contributed by atoms with Gasteiger partial charge in [0.2, 0.25) is 0 Å². The predicted molar refractivity (Wildman–Crippen MR) is 70.4 cm³/mol. The van der Waals surface area contributed by atoms with Gasteiger partial charge < -0.3 is 4.42 Å². The van der Waals surface area contributed by atoms with Crippen LogP contribution < -0.4 is 5.43 Å². The third-order valence-electron chi connectivity index (χ3n) is 2.09. The molecule has 0 radical (unpaired) electrons. The largest absolute Gasteiger partial charge is 0.460 e. The Morgan fingerprint density at radius 2 is 2.33 bits per heavy atom. The summed E-state index contributed by atoms with van der Waals surface area (Å²) in [6, 6.07) is 5.25. The van der Waals surface area contributed by atoms with Gasteiger partial charge in [0.25, 0.3) is 5.91 Å². The topological polar surface area (TPSA) is 67.5 Å². The summed E-state index contributed by atoms with van der Waals surface area (Å²) in [6.45, 7) is 1.84. The van der Waals surface area contributed by atoms with Crippen molar-refractivity contribution in [1.82, 2.24) is 10.4 Å². The fourth-order valence-corrected chi connectivity index (χ4v) is 1.64. The molecule has 0 aliphatic rings. The third kappa shape index (κ3) is 3.27. The minimum atomic E-state index is -0.330. The molecule has 2 aromatic heterocycles. The minimum absolute atomic E-state index is 0.330. The van der Waals surface area contributed by atoms with Gasteiger partial charge in [-0.1, -0.05) is 0 Å². The fourth-order valence-electron chi connectivity index (χ4n) is 1.28. The number of rotatable bonds is 3. The second-order valence-corrected chi connectivity index (χ2v) is 4.46. The van der Waals surface area contributed by atoms with Gasteiger partial charge in [-0.05, 0) is 41.1 Å². The quantitative estimate of drug-likeness (QED) is 0.700. The van der Waals surface area contributed by atoms with Crippen LogP contribution in [0.5, 0.6) is 0 Å². The van der Waals surface area contributed by atoms with Gasteiger partial charge >= 0.3 is 0 Å². The number of hydrogen-bond acceptors (Lipinski definition) is 4. The van der Waals surface area contributed by atoms with Crippen molar-refractivity contribution >= 4 is 28.1 Å². The lowest BCUT2D eigenvalue weighted by Crippen LogP contribution is -2.17. The molecule has 5 nitrogen and oxygen atoms in total. The summed E-state index contributed by atoms with van der Waals surface area (Å²) in [4.78, 5) is 15.6. The van der Waals surface area contributed by atoms with Gasteiger partial charge in [-0.25, -0.2) is 5.43 Å². The Kier molecular flexibility index (Phi) is 3.88. The number of carbonyl (C=O) groups is 1. The Bertz CT molecular complexity index is 593. The molecule has 18 heavy (non-hydrogen) atoms. The first kappa shape index (κ1) is 12.5. The van der Waals surface area contributed by atoms with E-state index in [1.165, 1.54) is 12.4 Å². The molecular formula is C12H10BrN3O2. The van der Waals surface area contributed by atoms with Crippen molar-refractivity contribution < 1.29 is 9.21 Å². The van der Waals surface area contributed by atoms with Crippen LogP contribution in [-0.2, 0) is 0 Å². The van der Waals surface area contributed by atoms with Gasteiger partial charge in [0.15, 0.2) is 0 Å². The molecule has 0 saturated carbocycles. The van der Waals surface area contributed by atoms with E-state index in [1.54, 1.807) is 18.3 Å². The number of amides is 1. The van der Waals surface area contributed by atoms with Gasteiger partial charge in [-0.3, -0.25) is 9.78 Å². The van der Waals surface area contributed by atoms with E-state index in [0.29, 0.717) is 11.3 Å². The Balaban J connectivity index is 1.98. The Labute approximate surface area is 112 Å². The van der Waals surface area contributed by atoms with E-state index in [1.807, 2.05) is 13.0 Å². The fraction of sp³-hybridized carbons (Fsp3) is 0.0833. The molecule has 0 atom stereocenters. The number of nitrogens with one attached hydrogen (secondary N) is 1. The molecule has 0 fully saturated rings. The number of pyridine rings is 1. The summed E-state index contributed by atoms with van der Waals surface area (Å²) in [7, 11) is 0. The predicted octanol–water partition coefficient (Wildman–Crippen LogP) is 2.51. The maximum atomic E-state index is 11.7. The molecule has 2 aromatic rings. The lowest BCUT2D eigenvalue weighted by Gasteiger charge is -1.98. The lowest BCUT2D eigenvalue weighted by molar-refractivity contribution is 0.0954. The van der Waals surface area contributed by atoms with Crippen LogP contribution in [0.4, 0.5) is 0 Å². The summed E-state index contributed by atoms with van der Waals surface area (Å²) >= 11 is 3.24. The highest BCUT2D eigenvalue weighted by atomic mass is 79.9. The second-order valence-electron chi connectivity index (χ2n) is 3.54. The Morgan fingerprint density at radius 3 is 3.00 bits per heavy atom. The molecule has 0 bridgehead atoms. The number of aryl methyl sites for hydroxylation is 1. The van der Waals surface area contributed by atoms with Gasteiger partial charge in [-0.2, -0.15) is 5.10 Å². The minimum Gasteiger partial charge on any atom is -0.460 e. The molecule has 6 heteroatoms. The zero-order valence-electron chi connectivity index (χ0n) is 9.55. The van der Waals surface area contributed by atoms with E-state index in [2.05, 4.69) is 31.4 Å². The van der Waals surface area contributed by atoms with Crippen LogP contribution in [0.3, 0.4) is 0 Å². The Morgan fingerprint density at radius 1 is 1.50 bits per heavy atom. The molecule has 1 N–H and O–H groups in total. The van der Waals surface area contributed by atoms with E-state index in [9.17, 15) is 4.79 Å². The van der Waals surface area contributed by atoms with E-state index >= 15 is 0 Å².